The van der Waals surface area contributed by atoms with Gasteiger partial charge in [0.1, 0.15) is 0 Å². The Hall–Kier alpha value is -0.210. The van der Waals surface area contributed by atoms with Crippen molar-refractivity contribution in [2.45, 2.75) is 0 Å². The fourth-order valence-corrected chi connectivity index (χ4v) is 0.712. The van der Waals surface area contributed by atoms with E-state index >= 15 is 0 Å². The van der Waals surface area contributed by atoms with Crippen LogP contribution in [-0.2, 0) is 0 Å². The van der Waals surface area contributed by atoms with Gasteiger partial charge in [-0.1, -0.05) is 11.6 Å². The molecule has 0 aromatic rings. The van der Waals surface area contributed by atoms with Gasteiger partial charge in [-0.2, -0.15) is 0 Å². The second kappa shape index (κ2) is 2.37. The number of likely N-dealkylation sites (N-methyl/N-ethyl adjacent to an activating group) is 1. The van der Waals surface area contributed by atoms with E-state index in [1.54, 1.807) is 0 Å². The van der Waals surface area contributed by atoms with E-state index in [1.165, 1.54) is 0 Å². The highest BCUT2D eigenvalue weighted by molar-refractivity contribution is 6.29. The predicted molar refractivity (Wildman–Crippen MR) is 34.6 cm³/mol. The second-order valence-corrected chi connectivity index (χ2v) is 2.33. The van der Waals surface area contributed by atoms with Crippen LogP contribution in [0.15, 0.2) is 11.2 Å². The zero-order valence-corrected chi connectivity index (χ0v) is 5.57. The van der Waals surface area contributed by atoms with E-state index in [2.05, 4.69) is 10.2 Å². The van der Waals surface area contributed by atoms with Gasteiger partial charge >= 0.3 is 0 Å². The summed E-state index contributed by atoms with van der Waals surface area (Å²) < 4.78 is 0. The van der Waals surface area contributed by atoms with Crippen molar-refractivity contribution >= 4 is 11.6 Å². The van der Waals surface area contributed by atoms with Crippen LogP contribution in [0.5, 0.6) is 0 Å². The summed E-state index contributed by atoms with van der Waals surface area (Å²) in [5.74, 6) is 0. The molecular weight excluding hydrogens is 124 g/mol. The lowest BCUT2D eigenvalue weighted by molar-refractivity contribution is 0.339. The van der Waals surface area contributed by atoms with E-state index in [-0.39, 0.29) is 0 Å². The third kappa shape index (κ3) is 1.39. The third-order valence-electron chi connectivity index (χ3n) is 1.10. The normalized spacial score (nSPS) is 22.0. The Morgan fingerprint density at radius 3 is 3.00 bits per heavy atom. The molecule has 46 valence electrons. The highest BCUT2D eigenvalue weighted by atomic mass is 35.5. The van der Waals surface area contributed by atoms with Gasteiger partial charge in [0.25, 0.3) is 0 Å². The van der Waals surface area contributed by atoms with Crippen molar-refractivity contribution in [1.29, 1.82) is 0 Å². The van der Waals surface area contributed by atoms with Crippen LogP contribution < -0.4 is 5.32 Å². The Bertz CT molecular complexity index is 111. The van der Waals surface area contributed by atoms with Crippen molar-refractivity contribution in [3.05, 3.63) is 11.2 Å². The average Bonchev–Trinajstić information content (AvgIpc) is 1.77. The molecule has 0 saturated heterocycles. The van der Waals surface area contributed by atoms with Crippen molar-refractivity contribution in [3.63, 3.8) is 0 Å². The summed E-state index contributed by atoms with van der Waals surface area (Å²) in [6, 6.07) is 0. The van der Waals surface area contributed by atoms with Crippen molar-refractivity contribution in [2.24, 2.45) is 0 Å². The van der Waals surface area contributed by atoms with E-state index < -0.39 is 0 Å². The van der Waals surface area contributed by atoms with Crippen LogP contribution in [0.1, 0.15) is 0 Å². The van der Waals surface area contributed by atoms with Gasteiger partial charge < -0.3 is 5.32 Å². The molecule has 1 aliphatic rings. The monoisotopic (exact) mass is 132 g/mol. The van der Waals surface area contributed by atoms with Crippen molar-refractivity contribution in [1.82, 2.24) is 10.2 Å². The molecule has 3 heteroatoms. The first-order valence-corrected chi connectivity index (χ1v) is 2.95. The average molecular weight is 133 g/mol. The molecule has 0 aromatic heterocycles. The van der Waals surface area contributed by atoms with Crippen LogP contribution in [-0.4, -0.2) is 25.2 Å². The molecule has 1 rings (SSSR count). The lowest BCUT2D eigenvalue weighted by Gasteiger charge is -2.20. The molecule has 2 nitrogen and oxygen atoms in total. The summed E-state index contributed by atoms with van der Waals surface area (Å²) in [6.45, 7) is 1.81. The zero-order chi connectivity index (χ0) is 5.98. The van der Waals surface area contributed by atoms with E-state index in [9.17, 15) is 0 Å². The molecule has 0 amide bonds. The van der Waals surface area contributed by atoms with Crippen molar-refractivity contribution < 1.29 is 0 Å². The van der Waals surface area contributed by atoms with Crippen LogP contribution in [0.3, 0.4) is 0 Å². The Labute approximate surface area is 54.1 Å². The minimum absolute atomic E-state index is 0.767. The number of hydrogen-bond donors (Lipinski definition) is 1. The highest BCUT2D eigenvalue weighted by Crippen LogP contribution is 2.00. The topological polar surface area (TPSA) is 15.3 Å². The van der Waals surface area contributed by atoms with Gasteiger partial charge in [0.05, 0.1) is 11.8 Å². The molecule has 8 heavy (non-hydrogen) atoms. The van der Waals surface area contributed by atoms with Gasteiger partial charge in [0, 0.05) is 6.54 Å². The van der Waals surface area contributed by atoms with E-state index in [0.717, 1.165) is 18.4 Å². The minimum atomic E-state index is 0.767. The Morgan fingerprint density at radius 1 is 1.88 bits per heavy atom. The van der Waals surface area contributed by atoms with Gasteiger partial charge in [-0.25, -0.2) is 0 Å². The molecule has 0 bridgehead atoms. The number of hydrogen-bond acceptors (Lipinski definition) is 2. The maximum atomic E-state index is 5.61. The summed E-state index contributed by atoms with van der Waals surface area (Å²) in [4.78, 5) is 2.13. The van der Waals surface area contributed by atoms with Crippen LogP contribution in [0.2, 0.25) is 0 Å². The van der Waals surface area contributed by atoms with Gasteiger partial charge in [-0.3, -0.25) is 4.90 Å². The molecular formula is C5H9ClN2. The van der Waals surface area contributed by atoms with Crippen LogP contribution in [0.4, 0.5) is 0 Å². The lowest BCUT2D eigenvalue weighted by Crippen LogP contribution is -2.33. The Balaban J connectivity index is 2.42. The Morgan fingerprint density at radius 2 is 2.62 bits per heavy atom. The van der Waals surface area contributed by atoms with Crippen molar-refractivity contribution in [3.8, 4) is 0 Å². The molecule has 0 spiro atoms. The van der Waals surface area contributed by atoms with E-state index in [0.29, 0.717) is 0 Å². The first-order chi connectivity index (χ1) is 3.79. The van der Waals surface area contributed by atoms with Crippen LogP contribution >= 0.6 is 11.6 Å². The first kappa shape index (κ1) is 5.92. The number of rotatable bonds is 0. The summed E-state index contributed by atoms with van der Waals surface area (Å²) >= 11 is 5.61. The number of nitrogens with one attached hydrogen (secondary N) is 1. The minimum Gasteiger partial charge on any atom is -0.363 e. The molecule has 0 radical (unpaired) electrons. The quantitative estimate of drug-likeness (QED) is 0.485. The van der Waals surface area contributed by atoms with Gasteiger partial charge in [0.2, 0.25) is 0 Å². The third-order valence-corrected chi connectivity index (χ3v) is 1.39. The van der Waals surface area contributed by atoms with Crippen LogP contribution in [0.25, 0.3) is 0 Å². The van der Waals surface area contributed by atoms with Crippen molar-refractivity contribution in [2.75, 3.05) is 20.3 Å². The fourth-order valence-electron chi connectivity index (χ4n) is 0.583. The SMILES string of the molecule is CN1CC=C(Cl)NC1. The maximum absolute atomic E-state index is 5.61. The van der Waals surface area contributed by atoms with Gasteiger partial charge in [-0.15, -0.1) is 0 Å². The molecule has 0 aromatic carbocycles. The molecule has 0 saturated carbocycles. The maximum Gasteiger partial charge on any atom is 0.1000 e. The number of nitrogens with zero attached hydrogens (tertiary/aromatic N) is 1. The lowest BCUT2D eigenvalue weighted by atomic mass is 10.5. The molecule has 0 aliphatic carbocycles. The highest BCUT2D eigenvalue weighted by Gasteiger charge is 2.01. The molecule has 0 unspecified atom stereocenters. The smallest absolute Gasteiger partial charge is 0.1000 e. The number of halogens is 1. The fraction of sp³-hybridized carbons (Fsp3) is 0.600. The van der Waals surface area contributed by atoms with Gasteiger partial charge in [0.15, 0.2) is 0 Å². The van der Waals surface area contributed by atoms with Crippen LogP contribution in [0, 0.1) is 0 Å². The molecule has 0 fully saturated rings. The summed E-state index contributed by atoms with van der Waals surface area (Å²) in [6.07, 6.45) is 1.95. The molecule has 1 N–H and O–H groups in total. The van der Waals surface area contributed by atoms with E-state index in [1.807, 2.05) is 13.1 Å². The largest absolute Gasteiger partial charge is 0.363 e. The molecule has 0 atom stereocenters. The van der Waals surface area contributed by atoms with Gasteiger partial charge in [-0.05, 0) is 13.1 Å². The Kier molecular flexibility index (Phi) is 1.76. The molecule has 1 aliphatic heterocycles. The zero-order valence-electron chi connectivity index (χ0n) is 4.82. The second-order valence-electron chi connectivity index (χ2n) is 1.93. The summed E-state index contributed by atoms with van der Waals surface area (Å²) in [5.41, 5.74) is 0. The summed E-state index contributed by atoms with van der Waals surface area (Å²) in [7, 11) is 2.03. The van der Waals surface area contributed by atoms with E-state index in [4.69, 9.17) is 11.6 Å². The standard InChI is InChI=1S/C5H9ClN2/c1-8-3-2-5(6)7-4-8/h2,7H,3-4H2,1H3. The first-order valence-electron chi connectivity index (χ1n) is 2.57. The molecule has 1 heterocycles. The predicted octanol–water partition coefficient (Wildman–Crippen LogP) is 0.559. The summed E-state index contributed by atoms with van der Waals surface area (Å²) in [5, 5.41) is 3.75.